The van der Waals surface area contributed by atoms with Crippen molar-refractivity contribution in [3.63, 3.8) is 0 Å². The lowest BCUT2D eigenvalue weighted by Crippen LogP contribution is -2.43. The number of aromatic nitrogens is 6. The second kappa shape index (κ2) is 31.7. The molecule has 1 amide bonds. The van der Waals surface area contributed by atoms with Crippen molar-refractivity contribution in [2.75, 3.05) is 84.3 Å². The lowest BCUT2D eigenvalue weighted by Gasteiger charge is -2.31. The van der Waals surface area contributed by atoms with Crippen molar-refractivity contribution in [2.24, 2.45) is 0 Å². The zero-order valence-corrected chi connectivity index (χ0v) is 47.2. The molecule has 0 saturated carbocycles. The minimum Gasteiger partial charge on any atom is -0.778 e. The lowest BCUT2D eigenvalue weighted by atomic mass is 10.0. The summed E-state index contributed by atoms with van der Waals surface area (Å²) in [5.74, 6) is -0.536. The van der Waals surface area contributed by atoms with Gasteiger partial charge in [0.2, 0.25) is 33.1 Å². The number of aliphatic carboxylic acids is 1. The predicted molar refractivity (Wildman–Crippen MR) is 280 cm³/mol. The van der Waals surface area contributed by atoms with Gasteiger partial charge in [0.15, 0.2) is 0 Å². The molecule has 0 spiro atoms. The number of nitrogens with one attached hydrogen (secondary N) is 4. The van der Waals surface area contributed by atoms with E-state index in [0.717, 1.165) is 42.1 Å². The smallest absolute Gasteiger partial charge is 0.355 e. The number of nitrogens with zero attached hydrogens (tertiary/aromatic N) is 7. The summed E-state index contributed by atoms with van der Waals surface area (Å²) in [6, 6.07) is 8.36. The maximum absolute atomic E-state index is 12.8. The molecule has 6 N–H and O–H groups in total. The Labute approximate surface area is 436 Å². The van der Waals surface area contributed by atoms with Gasteiger partial charge < -0.3 is 39.7 Å². The fourth-order valence-electron chi connectivity index (χ4n) is 5.44. The number of carboxylic acid groups (broad SMARTS) is 1. The van der Waals surface area contributed by atoms with Crippen molar-refractivity contribution in [1.82, 2.24) is 34.6 Å². The third-order valence-corrected chi connectivity index (χ3v) is 10.2. The Morgan fingerprint density at radius 1 is 1.04 bits per heavy atom. The van der Waals surface area contributed by atoms with Gasteiger partial charge in [-0.15, -0.1) is 16.7 Å². The number of benzene rings is 2. The largest absolute Gasteiger partial charge is 0.778 e. The van der Waals surface area contributed by atoms with E-state index in [4.69, 9.17) is 61.1 Å². The number of hydrogen-bond donors (Lipinski definition) is 6. The highest BCUT2D eigenvalue weighted by atomic mass is 35.5. The fourth-order valence-corrected chi connectivity index (χ4v) is 7.26. The van der Waals surface area contributed by atoms with Crippen LogP contribution in [0, 0.1) is 13.8 Å². The molecular weight excluding hydrogens is 1080 g/mol. The molecule has 0 radical (unpaired) electrons. The van der Waals surface area contributed by atoms with Crippen LogP contribution in [0.5, 0.6) is 0 Å². The number of carbonyl (C=O) groups excluding carboxylic acids is 1. The molecule has 21 nitrogen and oxygen atoms in total. The number of amides is 1. The normalized spacial score (nSPS) is 12.3. The molecule has 2 atom stereocenters. The van der Waals surface area contributed by atoms with E-state index in [2.05, 4.69) is 67.2 Å². The van der Waals surface area contributed by atoms with Crippen molar-refractivity contribution in [2.45, 2.75) is 79.9 Å². The number of alkyl halides is 3. The number of para-hydroxylation sites is 1. The van der Waals surface area contributed by atoms with Crippen molar-refractivity contribution in [3.05, 3.63) is 73.1 Å². The number of halogens is 6. The number of carbonyl (C=O) groups is 2. The Morgan fingerprint density at radius 2 is 1.62 bits per heavy atom. The van der Waals surface area contributed by atoms with Gasteiger partial charge in [-0.05, 0) is 101 Å². The van der Waals surface area contributed by atoms with Gasteiger partial charge >= 0.3 is 18.2 Å². The Hall–Kier alpha value is -3.88. The highest BCUT2D eigenvalue weighted by Crippen LogP contribution is 2.32. The minimum atomic E-state index is -4.35. The fraction of sp³-hybridized carbons (Fsp3) is 0.537. The first-order chi connectivity index (χ1) is 32.6. The molecule has 4 rings (SSSR count). The van der Waals surface area contributed by atoms with E-state index in [-0.39, 0.29) is 60.5 Å². The second-order valence-electron chi connectivity index (χ2n) is 16.2. The number of methoxy groups -OCH3 is 1. The number of rotatable bonds is 17. The van der Waals surface area contributed by atoms with Crippen molar-refractivity contribution in [1.29, 1.82) is 0 Å². The standard InChI is InChI=1S/C15H22ClNO2.C11H10Cl2F2N4O3S.C9H16ClN5.C3H8NO5P.C3H9S/c1-5-13-8-6-7-11(2)15(13)17(14(18)9-16)12(3)10-19-4;1-5-16-19(11(20)18(5)10(14)15)9-4-8(17-23(2,21)22)6(12)3-7(9)13;1-5-11-7-12-6(10)13-8(14-7)15-9(2,3)4;5-3(6)1-4-2-10(7,8)9;1-4(2)3/h6-8,12H,5,9-10H2,1-4H3;3-4,10,17H,1-2H3;5H2,1-4H3,(H2,11,12,13,14,15);4H,1-2H2,(H,5,6)(H2,7,8,9);1-3H3/q;;;;+1/p-1. The van der Waals surface area contributed by atoms with E-state index in [9.17, 15) is 41.0 Å². The number of carboxylic acids is 1. The van der Waals surface area contributed by atoms with Gasteiger partial charge in [0.1, 0.15) is 19.3 Å². The summed E-state index contributed by atoms with van der Waals surface area (Å²) in [5, 5.41) is 19.9. The van der Waals surface area contributed by atoms with Crippen LogP contribution < -0.4 is 36.2 Å². The van der Waals surface area contributed by atoms with Gasteiger partial charge in [0, 0.05) is 19.2 Å². The van der Waals surface area contributed by atoms with Gasteiger partial charge in [0.05, 0.1) is 77.6 Å². The summed E-state index contributed by atoms with van der Waals surface area (Å²) in [4.78, 5) is 65.9. The second-order valence-corrected chi connectivity index (χ2v) is 23.4. The van der Waals surface area contributed by atoms with Crippen LogP contribution >= 0.6 is 54.0 Å². The quantitative estimate of drug-likeness (QED) is 0.0378. The Kier molecular flexibility index (Phi) is 29.9. The maximum Gasteiger partial charge on any atom is 0.355 e. The number of ether oxygens (including phenoxy) is 1. The van der Waals surface area contributed by atoms with Crippen LogP contribution in [0.1, 0.15) is 65.0 Å². The molecule has 402 valence electrons. The molecule has 0 fully saturated rings. The average molecular weight is 1150 g/mol. The summed E-state index contributed by atoms with van der Waals surface area (Å²) in [5.41, 5.74) is 1.84. The molecule has 4 aromatic rings. The number of aryl methyl sites for hydroxylation is 3. The predicted octanol–water partition coefficient (Wildman–Crippen LogP) is 6.41. The zero-order chi connectivity index (χ0) is 55.2. The number of hydrogen-bond acceptors (Lipinski definition) is 15. The molecular formula is C41H64Cl4F2N11O10PS2. The molecule has 0 aliphatic heterocycles. The molecule has 2 aromatic heterocycles. The SMILES string of the molecule is CCNc1nc(Cl)nc(NC(C)(C)C)n1.CCc1cccc(C)c1N(C(=O)CCl)C(C)COC.C[S+](C)C.Cc1nn(-c2cc(NS(C)(=O)=O)c(Cl)cc2Cl)c(=O)n1C(F)F.O=C(O)CNCP(=O)([O-])O. The molecule has 71 heavy (non-hydrogen) atoms. The molecule has 2 heterocycles. The van der Waals surface area contributed by atoms with Gasteiger partial charge in [-0.3, -0.25) is 19.6 Å². The summed E-state index contributed by atoms with van der Waals surface area (Å²) < 4.78 is 66.4. The zero-order valence-electron chi connectivity index (χ0n) is 41.6. The molecule has 0 saturated heterocycles. The molecule has 0 aliphatic rings. The number of sulfonamides is 1. The van der Waals surface area contributed by atoms with Crippen LogP contribution in [0.25, 0.3) is 5.69 Å². The molecule has 2 unspecified atom stereocenters. The van der Waals surface area contributed by atoms with Crippen LogP contribution in [0.2, 0.25) is 15.3 Å². The van der Waals surface area contributed by atoms with Crippen molar-refractivity contribution >= 4 is 110 Å². The third kappa shape index (κ3) is 26.6. The van der Waals surface area contributed by atoms with E-state index >= 15 is 0 Å². The molecule has 0 bridgehead atoms. The van der Waals surface area contributed by atoms with Crippen LogP contribution in [0.4, 0.5) is 32.1 Å². The summed E-state index contributed by atoms with van der Waals surface area (Å²) >= 11 is 23.4. The van der Waals surface area contributed by atoms with Crippen molar-refractivity contribution < 1.29 is 51.0 Å². The highest BCUT2D eigenvalue weighted by molar-refractivity contribution is 7.94. The minimum absolute atomic E-state index is 0.0223. The van der Waals surface area contributed by atoms with E-state index in [1.807, 2.05) is 59.0 Å². The molecule has 30 heteroatoms. The topological polar surface area (TPSA) is 288 Å². The van der Waals surface area contributed by atoms with Crippen LogP contribution in [-0.4, -0.2) is 135 Å². The van der Waals surface area contributed by atoms with Crippen LogP contribution in [-0.2, 0) is 46.2 Å². The first kappa shape index (κ1) is 67.1. The van der Waals surface area contributed by atoms with E-state index in [0.29, 0.717) is 34.1 Å². The van der Waals surface area contributed by atoms with Crippen LogP contribution in [0.15, 0.2) is 35.1 Å². The third-order valence-electron chi connectivity index (χ3n) is 7.93. The Morgan fingerprint density at radius 3 is 2.07 bits per heavy atom. The summed E-state index contributed by atoms with van der Waals surface area (Å²) in [7, 11) is -5.72. The van der Waals surface area contributed by atoms with E-state index in [1.54, 1.807) is 12.0 Å². The summed E-state index contributed by atoms with van der Waals surface area (Å²) in [6.07, 6.45) is 7.65. The van der Waals surface area contributed by atoms with E-state index < -0.39 is 48.7 Å². The summed E-state index contributed by atoms with van der Waals surface area (Å²) in [6.45, 7) is 13.0. The molecule has 0 aliphatic carbocycles. The van der Waals surface area contributed by atoms with Gasteiger partial charge in [-0.25, -0.2) is 17.8 Å². The van der Waals surface area contributed by atoms with Gasteiger partial charge in [-0.2, -0.15) is 28.4 Å². The lowest BCUT2D eigenvalue weighted by molar-refractivity contribution is -0.193. The highest BCUT2D eigenvalue weighted by Gasteiger charge is 2.25. The maximum atomic E-state index is 12.8. The average Bonchev–Trinajstić information content (AvgIpc) is 3.51. The van der Waals surface area contributed by atoms with E-state index in [1.165, 1.54) is 13.0 Å². The first-order valence-electron chi connectivity index (χ1n) is 20.9. The van der Waals surface area contributed by atoms with Gasteiger partial charge in [-0.1, -0.05) is 48.3 Å². The Balaban J connectivity index is 0.000000928. The Bertz CT molecular complexity index is 2550. The monoisotopic (exact) mass is 1140 g/mol. The van der Waals surface area contributed by atoms with Gasteiger partial charge in [0.25, 0.3) is 0 Å². The van der Waals surface area contributed by atoms with Crippen molar-refractivity contribution in [3.8, 4) is 5.69 Å². The first-order valence-corrected chi connectivity index (χ1v) is 28.7. The molecule has 2 aromatic carbocycles. The number of anilines is 4. The van der Waals surface area contributed by atoms with Crippen LogP contribution in [0.3, 0.4) is 0 Å².